The first-order valence-electron chi connectivity index (χ1n) is 10.2. The van der Waals surface area contributed by atoms with Crippen molar-refractivity contribution in [1.29, 1.82) is 0 Å². The highest BCUT2D eigenvalue weighted by Gasteiger charge is 2.30. The molecule has 7 heteroatoms. The third-order valence-electron chi connectivity index (χ3n) is 5.62. The van der Waals surface area contributed by atoms with Crippen molar-refractivity contribution in [2.75, 3.05) is 36.1 Å². The molecular weight excluding hydrogens is 400 g/mol. The van der Waals surface area contributed by atoms with Crippen LogP contribution in [0.2, 0.25) is 5.02 Å². The van der Waals surface area contributed by atoms with E-state index >= 15 is 0 Å². The Hall–Kier alpha value is -2.86. The highest BCUT2D eigenvalue weighted by atomic mass is 35.5. The second kappa shape index (κ2) is 8.48. The van der Waals surface area contributed by atoms with Gasteiger partial charge in [-0.2, -0.15) is 5.10 Å². The zero-order valence-corrected chi connectivity index (χ0v) is 18.0. The third kappa shape index (κ3) is 4.19. The minimum atomic E-state index is -0.117. The molecule has 0 bridgehead atoms. The lowest BCUT2D eigenvalue weighted by atomic mass is 10.1. The maximum absolute atomic E-state index is 13.1. The molecule has 156 valence electrons. The number of hydrogen-bond donors (Lipinski definition) is 0. The molecule has 0 aromatic heterocycles. The predicted molar refractivity (Wildman–Crippen MR) is 120 cm³/mol. The van der Waals surface area contributed by atoms with Crippen molar-refractivity contribution < 1.29 is 9.59 Å². The summed E-state index contributed by atoms with van der Waals surface area (Å²) in [5.41, 5.74) is 4.77. The average Bonchev–Trinajstić information content (AvgIpc) is 2.76. The van der Waals surface area contributed by atoms with Crippen LogP contribution in [0.4, 0.5) is 11.4 Å². The zero-order chi connectivity index (χ0) is 21.3. The van der Waals surface area contributed by atoms with Crippen LogP contribution < -0.4 is 9.91 Å². The van der Waals surface area contributed by atoms with Gasteiger partial charge in [0.1, 0.15) is 5.71 Å². The Morgan fingerprint density at radius 1 is 0.967 bits per heavy atom. The van der Waals surface area contributed by atoms with Crippen LogP contribution in [-0.4, -0.2) is 48.6 Å². The summed E-state index contributed by atoms with van der Waals surface area (Å²) in [7, 11) is 0. The summed E-state index contributed by atoms with van der Waals surface area (Å²) in [5.74, 6) is -0.198. The fourth-order valence-electron chi connectivity index (χ4n) is 3.88. The summed E-state index contributed by atoms with van der Waals surface area (Å²) in [5, 5.41) is 6.30. The van der Waals surface area contributed by atoms with E-state index in [4.69, 9.17) is 11.6 Å². The zero-order valence-electron chi connectivity index (χ0n) is 17.3. The second-order valence-electron chi connectivity index (χ2n) is 7.80. The van der Waals surface area contributed by atoms with Gasteiger partial charge in [0.25, 0.3) is 5.91 Å². The van der Waals surface area contributed by atoms with Crippen LogP contribution in [0, 0.1) is 13.8 Å². The number of benzene rings is 2. The van der Waals surface area contributed by atoms with Crippen LogP contribution in [0.5, 0.6) is 0 Å². The van der Waals surface area contributed by atoms with E-state index in [1.165, 1.54) is 21.8 Å². The van der Waals surface area contributed by atoms with Crippen LogP contribution in [0.1, 0.15) is 24.0 Å². The van der Waals surface area contributed by atoms with Gasteiger partial charge in [0, 0.05) is 49.7 Å². The predicted octanol–water partition coefficient (Wildman–Crippen LogP) is 3.79. The number of hydrogen-bond acceptors (Lipinski definition) is 4. The van der Waals surface area contributed by atoms with Gasteiger partial charge in [0.05, 0.1) is 5.69 Å². The summed E-state index contributed by atoms with van der Waals surface area (Å²) >= 11 is 5.94. The van der Waals surface area contributed by atoms with Gasteiger partial charge < -0.3 is 9.80 Å². The highest BCUT2D eigenvalue weighted by Crippen LogP contribution is 2.25. The van der Waals surface area contributed by atoms with Crippen molar-refractivity contribution in [1.82, 2.24) is 4.90 Å². The molecule has 0 atom stereocenters. The Labute approximate surface area is 181 Å². The Bertz CT molecular complexity index is 995. The minimum absolute atomic E-state index is 0.0814. The molecule has 1 saturated heterocycles. The van der Waals surface area contributed by atoms with Gasteiger partial charge in [-0.25, -0.2) is 5.01 Å². The van der Waals surface area contributed by atoms with Gasteiger partial charge in [0.15, 0.2) is 0 Å². The summed E-state index contributed by atoms with van der Waals surface area (Å²) in [6.45, 7) is 7.05. The van der Waals surface area contributed by atoms with Crippen molar-refractivity contribution in [2.24, 2.45) is 5.10 Å². The van der Waals surface area contributed by atoms with E-state index in [-0.39, 0.29) is 18.2 Å². The standard InChI is InChI=1S/C23H25ClN4O2/c1-16-3-4-17(2)21(15-16)26-11-13-27(14-12-26)23(30)20-9-10-22(29)28(25-20)19-7-5-18(24)6-8-19/h3-8,15H,9-14H2,1-2H3. The van der Waals surface area contributed by atoms with E-state index in [1.54, 1.807) is 24.3 Å². The Morgan fingerprint density at radius 3 is 2.37 bits per heavy atom. The minimum Gasteiger partial charge on any atom is -0.368 e. The molecular formula is C23H25ClN4O2. The smallest absolute Gasteiger partial charge is 0.270 e. The molecule has 1 fully saturated rings. The number of hydrazone groups is 1. The number of nitrogens with zero attached hydrogens (tertiary/aromatic N) is 4. The molecule has 30 heavy (non-hydrogen) atoms. The molecule has 2 heterocycles. The van der Waals surface area contributed by atoms with Gasteiger partial charge in [-0.15, -0.1) is 0 Å². The Kier molecular flexibility index (Phi) is 5.77. The van der Waals surface area contributed by atoms with E-state index in [9.17, 15) is 9.59 Å². The number of carbonyl (C=O) groups is 2. The molecule has 0 aliphatic carbocycles. The van der Waals surface area contributed by atoms with Crippen molar-refractivity contribution in [3.63, 3.8) is 0 Å². The van der Waals surface area contributed by atoms with E-state index < -0.39 is 0 Å². The third-order valence-corrected chi connectivity index (χ3v) is 5.87. The van der Waals surface area contributed by atoms with Gasteiger partial charge in [-0.3, -0.25) is 9.59 Å². The SMILES string of the molecule is Cc1ccc(C)c(N2CCN(C(=O)C3=NN(c4ccc(Cl)cc4)C(=O)CC3)CC2)c1. The average molecular weight is 425 g/mol. The normalized spacial score (nSPS) is 17.2. The molecule has 0 spiro atoms. The van der Waals surface area contributed by atoms with E-state index in [1.807, 2.05) is 4.90 Å². The van der Waals surface area contributed by atoms with Crippen LogP contribution in [0.25, 0.3) is 0 Å². The van der Waals surface area contributed by atoms with Crippen LogP contribution in [0.15, 0.2) is 47.6 Å². The molecule has 0 N–H and O–H groups in total. The maximum Gasteiger partial charge on any atom is 0.270 e. The molecule has 4 rings (SSSR count). The van der Waals surface area contributed by atoms with E-state index in [0.29, 0.717) is 35.9 Å². The van der Waals surface area contributed by atoms with Gasteiger partial charge in [-0.1, -0.05) is 23.7 Å². The first-order valence-corrected chi connectivity index (χ1v) is 10.6. The molecule has 2 aromatic carbocycles. The number of carbonyl (C=O) groups excluding carboxylic acids is 2. The topological polar surface area (TPSA) is 56.2 Å². The lowest BCUT2D eigenvalue weighted by molar-refractivity contribution is -0.124. The first-order chi connectivity index (χ1) is 14.4. The summed E-state index contributed by atoms with van der Waals surface area (Å²) in [6.07, 6.45) is 0.647. The lowest BCUT2D eigenvalue weighted by Crippen LogP contribution is -2.51. The lowest BCUT2D eigenvalue weighted by Gasteiger charge is -2.37. The van der Waals surface area contributed by atoms with Crippen LogP contribution >= 0.6 is 11.6 Å². The van der Waals surface area contributed by atoms with Crippen LogP contribution in [0.3, 0.4) is 0 Å². The molecule has 0 unspecified atom stereocenters. The first kappa shape index (κ1) is 20.4. The number of halogens is 1. The fourth-order valence-corrected chi connectivity index (χ4v) is 4.01. The number of amides is 2. The summed E-state index contributed by atoms with van der Waals surface area (Å²) in [6, 6.07) is 13.4. The molecule has 0 saturated carbocycles. The van der Waals surface area contributed by atoms with E-state index in [2.05, 4.69) is 42.0 Å². The van der Waals surface area contributed by atoms with E-state index in [0.717, 1.165) is 13.1 Å². The Balaban J connectivity index is 1.46. The summed E-state index contributed by atoms with van der Waals surface area (Å²) in [4.78, 5) is 29.6. The van der Waals surface area contributed by atoms with Gasteiger partial charge >= 0.3 is 0 Å². The molecule has 2 aliphatic heterocycles. The van der Waals surface area contributed by atoms with Crippen LogP contribution in [-0.2, 0) is 9.59 Å². The van der Waals surface area contributed by atoms with Gasteiger partial charge in [-0.05, 0) is 55.3 Å². The molecule has 0 radical (unpaired) electrons. The largest absolute Gasteiger partial charge is 0.368 e. The summed E-state index contributed by atoms with van der Waals surface area (Å²) < 4.78 is 0. The second-order valence-corrected chi connectivity index (χ2v) is 8.23. The van der Waals surface area contributed by atoms with Crippen molar-refractivity contribution in [3.8, 4) is 0 Å². The Morgan fingerprint density at radius 2 is 1.67 bits per heavy atom. The maximum atomic E-state index is 13.1. The molecule has 2 amide bonds. The number of piperazine rings is 1. The molecule has 2 aliphatic rings. The van der Waals surface area contributed by atoms with Crippen molar-refractivity contribution in [3.05, 3.63) is 58.6 Å². The quantitative estimate of drug-likeness (QED) is 0.753. The molecule has 2 aromatic rings. The number of rotatable bonds is 3. The van der Waals surface area contributed by atoms with Crippen molar-refractivity contribution in [2.45, 2.75) is 26.7 Å². The van der Waals surface area contributed by atoms with Crippen molar-refractivity contribution >= 4 is 40.5 Å². The number of aryl methyl sites for hydroxylation is 2. The highest BCUT2D eigenvalue weighted by molar-refractivity contribution is 6.40. The van der Waals surface area contributed by atoms with Gasteiger partial charge in [0.2, 0.25) is 5.91 Å². The number of anilines is 2. The monoisotopic (exact) mass is 424 g/mol. The fraction of sp³-hybridized carbons (Fsp3) is 0.348. The molecule has 6 nitrogen and oxygen atoms in total.